The van der Waals surface area contributed by atoms with Gasteiger partial charge in [0.1, 0.15) is 22.3 Å². The van der Waals surface area contributed by atoms with E-state index in [0.717, 1.165) is 6.07 Å². The van der Waals surface area contributed by atoms with Crippen LogP contribution in [-0.2, 0) is 0 Å². The molecule has 0 aliphatic heterocycles. The molecule has 0 saturated heterocycles. The van der Waals surface area contributed by atoms with E-state index in [-0.39, 0.29) is 17.8 Å². The van der Waals surface area contributed by atoms with Crippen LogP contribution in [0.25, 0.3) is 0 Å². The van der Waals surface area contributed by atoms with Gasteiger partial charge in [0.05, 0.1) is 12.2 Å². The molecule has 0 bridgehead atoms. The van der Waals surface area contributed by atoms with Crippen LogP contribution in [0.4, 0.5) is 10.1 Å². The third-order valence-electron chi connectivity index (χ3n) is 2.57. The first-order valence-electron chi connectivity index (χ1n) is 5.93. The summed E-state index contributed by atoms with van der Waals surface area (Å²) in [6, 6.07) is 7.50. The molecular formula is C15H10FN3OS. The maximum absolute atomic E-state index is 13.5. The number of nitrogens with zero attached hydrogens (tertiary/aromatic N) is 1. The minimum Gasteiger partial charge on any atom is -0.320 e. The first kappa shape index (κ1) is 14.7. The molecule has 104 valence electrons. The highest BCUT2D eigenvalue weighted by Crippen LogP contribution is 2.21. The van der Waals surface area contributed by atoms with Crippen molar-refractivity contribution in [3.05, 3.63) is 51.5 Å². The molecule has 2 aromatic rings. The van der Waals surface area contributed by atoms with Crippen LogP contribution in [0, 0.1) is 29.0 Å². The molecule has 4 nitrogen and oxygen atoms in total. The molecule has 0 radical (unpaired) electrons. The Morgan fingerprint density at radius 1 is 1.43 bits per heavy atom. The molecule has 0 fully saturated rings. The van der Waals surface area contributed by atoms with Gasteiger partial charge in [-0.2, -0.15) is 5.26 Å². The van der Waals surface area contributed by atoms with E-state index in [4.69, 9.17) is 11.0 Å². The Morgan fingerprint density at radius 3 is 2.95 bits per heavy atom. The molecule has 2 rings (SSSR count). The topological polar surface area (TPSA) is 78.9 Å². The third kappa shape index (κ3) is 3.26. The number of halogens is 1. The van der Waals surface area contributed by atoms with Crippen LogP contribution in [0.15, 0.2) is 29.6 Å². The maximum Gasteiger partial charge on any atom is 0.267 e. The number of nitrogens with one attached hydrogen (secondary N) is 1. The molecule has 1 amide bonds. The monoisotopic (exact) mass is 299 g/mol. The fraction of sp³-hybridized carbons (Fsp3) is 0.0667. The molecule has 21 heavy (non-hydrogen) atoms. The Kier molecular flexibility index (Phi) is 4.68. The average molecular weight is 299 g/mol. The number of hydrogen-bond acceptors (Lipinski definition) is 4. The predicted octanol–water partition coefficient (Wildman–Crippen LogP) is 2.32. The van der Waals surface area contributed by atoms with Crippen molar-refractivity contribution in [2.45, 2.75) is 0 Å². The van der Waals surface area contributed by atoms with E-state index in [1.165, 1.54) is 23.5 Å². The number of anilines is 1. The van der Waals surface area contributed by atoms with E-state index in [1.54, 1.807) is 17.5 Å². The van der Waals surface area contributed by atoms with E-state index >= 15 is 0 Å². The summed E-state index contributed by atoms with van der Waals surface area (Å²) in [7, 11) is 0. The van der Waals surface area contributed by atoms with Crippen LogP contribution in [0.2, 0.25) is 0 Å². The van der Waals surface area contributed by atoms with Gasteiger partial charge in [-0.15, -0.1) is 11.3 Å². The number of benzene rings is 1. The fourth-order valence-corrected chi connectivity index (χ4v) is 2.40. The van der Waals surface area contributed by atoms with E-state index < -0.39 is 11.7 Å². The zero-order valence-corrected chi connectivity index (χ0v) is 11.6. The summed E-state index contributed by atoms with van der Waals surface area (Å²) in [5.74, 6) is 4.36. The summed E-state index contributed by atoms with van der Waals surface area (Å²) in [6.07, 6.45) is 0. The Labute approximate surface area is 125 Å². The van der Waals surface area contributed by atoms with Crippen molar-refractivity contribution in [2.24, 2.45) is 5.73 Å². The standard InChI is InChI=1S/C15H10FN3OS/c16-12-4-1-5-13(11(12)9-18)19-15(20)14-10(3-2-7-17)6-8-21-14/h1,4-6,8H,7,17H2,(H,19,20). The van der Waals surface area contributed by atoms with Gasteiger partial charge < -0.3 is 11.1 Å². The van der Waals surface area contributed by atoms with Gasteiger partial charge in [0, 0.05) is 5.56 Å². The van der Waals surface area contributed by atoms with Crippen LogP contribution in [0.3, 0.4) is 0 Å². The zero-order valence-electron chi connectivity index (χ0n) is 10.8. The first-order chi connectivity index (χ1) is 10.2. The van der Waals surface area contributed by atoms with Gasteiger partial charge >= 0.3 is 0 Å². The van der Waals surface area contributed by atoms with Crippen molar-refractivity contribution in [1.82, 2.24) is 0 Å². The third-order valence-corrected chi connectivity index (χ3v) is 3.48. The SMILES string of the molecule is N#Cc1c(F)cccc1NC(=O)c1sccc1C#CCN. The van der Waals surface area contributed by atoms with E-state index in [0.29, 0.717) is 10.4 Å². The smallest absolute Gasteiger partial charge is 0.267 e. The zero-order chi connectivity index (χ0) is 15.2. The van der Waals surface area contributed by atoms with Gasteiger partial charge in [0.25, 0.3) is 5.91 Å². The summed E-state index contributed by atoms with van der Waals surface area (Å²) in [4.78, 5) is 12.6. The van der Waals surface area contributed by atoms with E-state index in [2.05, 4.69) is 17.2 Å². The molecule has 1 aromatic heterocycles. The lowest BCUT2D eigenvalue weighted by Crippen LogP contribution is -2.13. The lowest BCUT2D eigenvalue weighted by atomic mass is 10.1. The quantitative estimate of drug-likeness (QED) is 0.835. The molecule has 0 unspecified atom stereocenters. The number of carbonyl (C=O) groups excluding carboxylic acids is 1. The van der Waals surface area contributed by atoms with Gasteiger partial charge in [-0.1, -0.05) is 17.9 Å². The number of rotatable bonds is 2. The first-order valence-corrected chi connectivity index (χ1v) is 6.81. The van der Waals surface area contributed by atoms with Crippen LogP contribution in [0.5, 0.6) is 0 Å². The Balaban J connectivity index is 2.30. The molecule has 3 N–H and O–H groups in total. The molecule has 6 heteroatoms. The number of amides is 1. The van der Waals surface area contributed by atoms with Gasteiger partial charge in [-0.25, -0.2) is 4.39 Å². The number of hydrogen-bond donors (Lipinski definition) is 2. The molecule has 1 aromatic carbocycles. The van der Waals surface area contributed by atoms with Crippen molar-refractivity contribution in [3.8, 4) is 17.9 Å². The van der Waals surface area contributed by atoms with Gasteiger partial charge in [-0.05, 0) is 23.6 Å². The van der Waals surface area contributed by atoms with E-state index in [9.17, 15) is 9.18 Å². The highest BCUT2D eigenvalue weighted by molar-refractivity contribution is 7.12. The molecule has 0 aliphatic rings. The minimum absolute atomic E-state index is 0.133. The second-order valence-corrected chi connectivity index (χ2v) is 4.81. The van der Waals surface area contributed by atoms with Crippen molar-refractivity contribution in [3.63, 3.8) is 0 Å². The molecular weight excluding hydrogens is 289 g/mol. The Bertz CT molecular complexity index is 780. The molecule has 0 saturated carbocycles. The van der Waals surface area contributed by atoms with Crippen molar-refractivity contribution in [1.29, 1.82) is 5.26 Å². The largest absolute Gasteiger partial charge is 0.320 e. The van der Waals surface area contributed by atoms with Crippen LogP contribution in [0.1, 0.15) is 20.8 Å². The van der Waals surface area contributed by atoms with Crippen LogP contribution < -0.4 is 11.1 Å². The van der Waals surface area contributed by atoms with Crippen LogP contribution in [-0.4, -0.2) is 12.5 Å². The fourth-order valence-electron chi connectivity index (χ4n) is 1.65. The summed E-state index contributed by atoms with van der Waals surface area (Å²) in [5, 5.41) is 13.2. The molecule has 0 spiro atoms. The summed E-state index contributed by atoms with van der Waals surface area (Å²) < 4.78 is 13.5. The molecule has 0 atom stereocenters. The highest BCUT2D eigenvalue weighted by atomic mass is 32.1. The maximum atomic E-state index is 13.5. The van der Waals surface area contributed by atoms with E-state index in [1.807, 2.05) is 0 Å². The lowest BCUT2D eigenvalue weighted by Gasteiger charge is -2.06. The predicted molar refractivity (Wildman–Crippen MR) is 79.3 cm³/mol. The minimum atomic E-state index is -0.676. The van der Waals surface area contributed by atoms with Gasteiger partial charge in [-0.3, -0.25) is 4.79 Å². The van der Waals surface area contributed by atoms with Gasteiger partial charge in [0.2, 0.25) is 0 Å². The second-order valence-electron chi connectivity index (χ2n) is 3.90. The summed E-state index contributed by atoms with van der Waals surface area (Å²) in [5.41, 5.74) is 5.79. The molecule has 1 heterocycles. The van der Waals surface area contributed by atoms with Crippen molar-refractivity contribution in [2.75, 3.05) is 11.9 Å². The summed E-state index contributed by atoms with van der Waals surface area (Å²) >= 11 is 1.21. The van der Waals surface area contributed by atoms with Crippen LogP contribution >= 0.6 is 11.3 Å². The molecule has 0 aliphatic carbocycles. The number of carbonyl (C=O) groups is 1. The summed E-state index contributed by atoms with van der Waals surface area (Å²) in [6.45, 7) is 0.194. The van der Waals surface area contributed by atoms with Crippen molar-refractivity contribution >= 4 is 22.9 Å². The second kappa shape index (κ2) is 6.67. The normalized spacial score (nSPS) is 9.38. The van der Waals surface area contributed by atoms with Gasteiger partial charge in [0.15, 0.2) is 0 Å². The lowest BCUT2D eigenvalue weighted by molar-refractivity contribution is 0.103. The number of nitrogens with two attached hydrogens (primary N) is 1. The number of nitriles is 1. The highest BCUT2D eigenvalue weighted by Gasteiger charge is 2.15. The Hall–Kier alpha value is -2.67. The Morgan fingerprint density at radius 2 is 2.24 bits per heavy atom. The average Bonchev–Trinajstić information content (AvgIpc) is 2.94. The number of thiophene rings is 1. The van der Waals surface area contributed by atoms with Crippen molar-refractivity contribution < 1.29 is 9.18 Å².